The number of para-hydroxylation sites is 1. The normalized spacial score (nSPS) is 12.8. The van der Waals surface area contributed by atoms with Crippen molar-refractivity contribution in [1.29, 1.82) is 0 Å². The molecule has 1 aliphatic rings. The van der Waals surface area contributed by atoms with Gasteiger partial charge in [-0.2, -0.15) is 10.2 Å². The molecule has 1 amide bonds. The molecule has 4 aromatic rings. The minimum atomic E-state index is -0.350. The largest absolute Gasteiger partial charge is 0.496 e. The van der Waals surface area contributed by atoms with Gasteiger partial charge in [0, 0.05) is 17.3 Å². The van der Waals surface area contributed by atoms with Crippen LogP contribution < -0.4 is 10.2 Å². The molecule has 6 nitrogen and oxygen atoms in total. The topological polar surface area (TPSA) is 79.4 Å². The maximum atomic E-state index is 12.5. The first-order valence-corrected chi connectivity index (χ1v) is 10.5. The molecule has 1 aromatic heterocycles. The Morgan fingerprint density at radius 1 is 1.09 bits per heavy atom. The SMILES string of the molecule is COc1ccccc1/C=C/C=N/NC(=O)c1cc(-c2ccc3c4c(cccc24)CC3)n[nH]1. The van der Waals surface area contributed by atoms with Crippen molar-refractivity contribution in [2.24, 2.45) is 5.10 Å². The van der Waals surface area contributed by atoms with E-state index >= 15 is 0 Å². The average Bonchev–Trinajstić information content (AvgIpc) is 3.48. The van der Waals surface area contributed by atoms with Gasteiger partial charge in [0.15, 0.2) is 0 Å². The lowest BCUT2D eigenvalue weighted by Gasteiger charge is -2.06. The number of hydrogen-bond donors (Lipinski definition) is 2. The minimum absolute atomic E-state index is 0.350. The van der Waals surface area contributed by atoms with Crippen LogP contribution in [0.5, 0.6) is 5.75 Å². The zero-order valence-electron chi connectivity index (χ0n) is 17.6. The molecule has 2 N–H and O–H groups in total. The van der Waals surface area contributed by atoms with Crippen molar-refractivity contribution in [3.05, 3.63) is 89.1 Å². The summed E-state index contributed by atoms with van der Waals surface area (Å²) in [4.78, 5) is 12.5. The van der Waals surface area contributed by atoms with E-state index < -0.39 is 0 Å². The van der Waals surface area contributed by atoms with Crippen LogP contribution in [-0.4, -0.2) is 29.4 Å². The van der Waals surface area contributed by atoms with E-state index in [4.69, 9.17) is 4.74 Å². The molecule has 32 heavy (non-hydrogen) atoms. The number of hydrazone groups is 1. The van der Waals surface area contributed by atoms with Gasteiger partial charge in [-0.3, -0.25) is 9.89 Å². The Labute approximate surface area is 185 Å². The maximum absolute atomic E-state index is 12.5. The Kier molecular flexibility index (Phi) is 5.25. The second-order valence-electron chi connectivity index (χ2n) is 7.60. The summed E-state index contributed by atoms with van der Waals surface area (Å²) in [6.45, 7) is 0. The molecular weight excluding hydrogens is 400 g/mol. The molecular formula is C26H22N4O2. The molecule has 158 valence electrons. The number of aryl methyl sites for hydroxylation is 2. The summed E-state index contributed by atoms with van der Waals surface area (Å²) in [5.74, 6) is 0.422. The van der Waals surface area contributed by atoms with Crippen molar-refractivity contribution in [3.63, 3.8) is 0 Å². The van der Waals surface area contributed by atoms with Crippen LogP contribution in [0.4, 0.5) is 0 Å². The van der Waals surface area contributed by atoms with Gasteiger partial charge in [0.2, 0.25) is 0 Å². The molecule has 1 aliphatic carbocycles. The molecule has 0 saturated carbocycles. The van der Waals surface area contributed by atoms with Gasteiger partial charge >= 0.3 is 0 Å². The number of allylic oxidation sites excluding steroid dienone is 1. The third-order valence-electron chi connectivity index (χ3n) is 5.72. The number of methoxy groups -OCH3 is 1. The molecule has 0 fully saturated rings. The van der Waals surface area contributed by atoms with Crippen molar-refractivity contribution in [3.8, 4) is 17.0 Å². The first kappa shape index (κ1) is 19.8. The lowest BCUT2D eigenvalue weighted by Crippen LogP contribution is -2.17. The first-order valence-electron chi connectivity index (χ1n) is 10.5. The highest BCUT2D eigenvalue weighted by atomic mass is 16.5. The monoisotopic (exact) mass is 422 g/mol. The van der Waals surface area contributed by atoms with Gasteiger partial charge in [-0.05, 0) is 59.0 Å². The van der Waals surface area contributed by atoms with Crippen molar-refractivity contribution >= 4 is 29.0 Å². The molecule has 0 bridgehead atoms. The summed E-state index contributed by atoms with van der Waals surface area (Å²) >= 11 is 0. The van der Waals surface area contributed by atoms with E-state index in [-0.39, 0.29) is 5.91 Å². The highest BCUT2D eigenvalue weighted by Crippen LogP contribution is 2.36. The Hall–Kier alpha value is -4.19. The summed E-state index contributed by atoms with van der Waals surface area (Å²) in [6, 6.07) is 20.1. The molecule has 0 unspecified atom stereocenters. The predicted octanol–water partition coefficient (Wildman–Crippen LogP) is 4.77. The van der Waals surface area contributed by atoms with E-state index in [1.165, 1.54) is 28.1 Å². The molecule has 1 heterocycles. The van der Waals surface area contributed by atoms with Crippen LogP contribution in [0.15, 0.2) is 71.8 Å². The Morgan fingerprint density at radius 2 is 1.94 bits per heavy atom. The predicted molar refractivity (Wildman–Crippen MR) is 127 cm³/mol. The van der Waals surface area contributed by atoms with Gasteiger partial charge in [0.25, 0.3) is 5.91 Å². The lowest BCUT2D eigenvalue weighted by molar-refractivity contribution is 0.0950. The van der Waals surface area contributed by atoms with E-state index in [1.807, 2.05) is 30.3 Å². The average molecular weight is 422 g/mol. The van der Waals surface area contributed by atoms with E-state index in [9.17, 15) is 4.79 Å². The quantitative estimate of drug-likeness (QED) is 0.347. The van der Waals surface area contributed by atoms with Gasteiger partial charge in [0.1, 0.15) is 11.4 Å². The fraction of sp³-hybridized carbons (Fsp3) is 0.115. The summed E-state index contributed by atoms with van der Waals surface area (Å²) in [6.07, 6.45) is 7.27. The number of rotatable bonds is 6. The standard InChI is InChI=1S/C26H22N4O2/c1-32-24-10-3-2-6-17(24)8-5-15-27-30-26(31)23-16-22(28-29-23)20-14-13-19-12-11-18-7-4-9-21(20)25(18)19/h2-10,13-16H,11-12H2,1H3,(H,28,29)(H,30,31)/b8-5+,27-15+. The smallest absolute Gasteiger partial charge is 0.289 e. The number of nitrogens with zero attached hydrogens (tertiary/aromatic N) is 2. The van der Waals surface area contributed by atoms with E-state index in [0.29, 0.717) is 5.69 Å². The zero-order valence-corrected chi connectivity index (χ0v) is 17.6. The number of aromatic amines is 1. The van der Waals surface area contributed by atoms with E-state index in [2.05, 4.69) is 51.1 Å². The third kappa shape index (κ3) is 3.67. The van der Waals surface area contributed by atoms with Crippen molar-refractivity contribution in [2.75, 3.05) is 7.11 Å². The highest BCUT2D eigenvalue weighted by Gasteiger charge is 2.18. The fourth-order valence-corrected chi connectivity index (χ4v) is 4.20. The van der Waals surface area contributed by atoms with Crippen LogP contribution in [-0.2, 0) is 12.8 Å². The summed E-state index contributed by atoms with van der Waals surface area (Å²) < 4.78 is 5.30. The number of ether oxygens (including phenoxy) is 1. The zero-order chi connectivity index (χ0) is 21.9. The second-order valence-corrected chi connectivity index (χ2v) is 7.60. The molecule has 0 spiro atoms. The van der Waals surface area contributed by atoms with Crippen molar-refractivity contribution in [1.82, 2.24) is 15.6 Å². The second kappa shape index (κ2) is 8.51. The van der Waals surface area contributed by atoms with Crippen LogP contribution in [0.25, 0.3) is 28.1 Å². The molecule has 0 aliphatic heterocycles. The van der Waals surface area contributed by atoms with Crippen LogP contribution in [0.3, 0.4) is 0 Å². The third-order valence-corrected chi connectivity index (χ3v) is 5.72. The Balaban J connectivity index is 1.29. The Morgan fingerprint density at radius 3 is 2.81 bits per heavy atom. The molecule has 0 radical (unpaired) electrons. The van der Waals surface area contributed by atoms with Gasteiger partial charge in [-0.15, -0.1) is 0 Å². The number of nitrogens with one attached hydrogen (secondary N) is 2. The fourth-order valence-electron chi connectivity index (χ4n) is 4.20. The lowest BCUT2D eigenvalue weighted by atomic mass is 9.98. The van der Waals surface area contributed by atoms with Gasteiger partial charge < -0.3 is 4.74 Å². The van der Waals surface area contributed by atoms with E-state index in [1.54, 1.807) is 19.3 Å². The van der Waals surface area contributed by atoms with Crippen LogP contribution in [0.1, 0.15) is 27.2 Å². The number of amides is 1. The molecule has 0 atom stereocenters. The number of hydrogen-bond acceptors (Lipinski definition) is 4. The van der Waals surface area contributed by atoms with Crippen molar-refractivity contribution in [2.45, 2.75) is 12.8 Å². The maximum Gasteiger partial charge on any atom is 0.289 e. The number of carbonyl (C=O) groups excluding carboxylic acids is 1. The number of H-pyrrole nitrogens is 1. The van der Waals surface area contributed by atoms with E-state index in [0.717, 1.165) is 35.4 Å². The van der Waals surface area contributed by atoms with Gasteiger partial charge in [0.05, 0.1) is 12.8 Å². The summed E-state index contributed by atoms with van der Waals surface area (Å²) in [5, 5.41) is 13.7. The van der Waals surface area contributed by atoms with Crippen LogP contribution in [0.2, 0.25) is 0 Å². The summed E-state index contributed by atoms with van der Waals surface area (Å²) in [7, 11) is 1.63. The van der Waals surface area contributed by atoms with Crippen LogP contribution in [0, 0.1) is 0 Å². The molecule has 6 heteroatoms. The molecule has 5 rings (SSSR count). The highest BCUT2D eigenvalue weighted by molar-refractivity contribution is 6.02. The Bertz CT molecular complexity index is 1360. The number of carbonyl (C=O) groups is 1. The molecule has 3 aromatic carbocycles. The minimum Gasteiger partial charge on any atom is -0.496 e. The van der Waals surface area contributed by atoms with Gasteiger partial charge in [-0.25, -0.2) is 5.43 Å². The molecule has 0 saturated heterocycles. The van der Waals surface area contributed by atoms with Crippen LogP contribution >= 0.6 is 0 Å². The first-order chi connectivity index (χ1) is 15.7. The summed E-state index contributed by atoms with van der Waals surface area (Å²) in [5.41, 5.74) is 8.32. The number of benzene rings is 3. The van der Waals surface area contributed by atoms with Gasteiger partial charge in [-0.1, -0.05) is 48.5 Å². The van der Waals surface area contributed by atoms with Crippen molar-refractivity contribution < 1.29 is 9.53 Å². The number of aromatic nitrogens is 2.